The van der Waals surface area contributed by atoms with Crippen LogP contribution in [0.5, 0.6) is 5.75 Å². The molecule has 1 aliphatic rings. The first-order valence-corrected chi connectivity index (χ1v) is 8.26. The number of piperidine rings is 1. The molecule has 1 saturated heterocycles. The Morgan fingerprint density at radius 1 is 0.958 bits per heavy atom. The van der Waals surface area contributed by atoms with E-state index < -0.39 is 0 Å². The molecule has 0 bridgehead atoms. The summed E-state index contributed by atoms with van der Waals surface area (Å²) in [6.07, 6.45) is 1.97. The average Bonchev–Trinajstić information content (AvgIpc) is 2.62. The summed E-state index contributed by atoms with van der Waals surface area (Å²) in [4.78, 5) is 25.4. The van der Waals surface area contributed by atoms with E-state index in [0.717, 1.165) is 25.9 Å². The maximum absolute atomic E-state index is 12.6. The second-order valence-corrected chi connectivity index (χ2v) is 6.10. The van der Waals surface area contributed by atoms with Crippen molar-refractivity contribution < 1.29 is 14.3 Å². The van der Waals surface area contributed by atoms with Gasteiger partial charge in [0.2, 0.25) is 0 Å². The van der Waals surface area contributed by atoms with Gasteiger partial charge in [0, 0.05) is 25.6 Å². The van der Waals surface area contributed by atoms with Crippen molar-refractivity contribution in [3.8, 4) is 5.75 Å². The molecule has 0 radical (unpaired) electrons. The summed E-state index contributed by atoms with van der Waals surface area (Å²) < 4.78 is 4.99. The van der Waals surface area contributed by atoms with Crippen molar-refractivity contribution in [2.75, 3.05) is 13.1 Å². The number of nitrogens with zero attached hydrogens (tertiary/aromatic N) is 1. The lowest BCUT2D eigenvalue weighted by Crippen LogP contribution is -2.37. The van der Waals surface area contributed by atoms with Crippen LogP contribution in [0.1, 0.15) is 41.6 Å². The van der Waals surface area contributed by atoms with E-state index in [1.165, 1.54) is 12.5 Å². The summed E-state index contributed by atoms with van der Waals surface area (Å²) in [5, 5.41) is 0. The topological polar surface area (TPSA) is 46.6 Å². The van der Waals surface area contributed by atoms with Crippen LogP contribution in [-0.4, -0.2) is 29.9 Å². The third-order valence-electron chi connectivity index (χ3n) is 4.42. The van der Waals surface area contributed by atoms with E-state index in [1.54, 1.807) is 24.3 Å². The van der Waals surface area contributed by atoms with Gasteiger partial charge in [-0.25, -0.2) is 0 Å². The first-order valence-electron chi connectivity index (χ1n) is 8.26. The molecule has 4 heteroatoms. The number of carbonyl (C=O) groups is 2. The first kappa shape index (κ1) is 16.2. The van der Waals surface area contributed by atoms with Crippen LogP contribution in [0.25, 0.3) is 0 Å². The van der Waals surface area contributed by atoms with Gasteiger partial charge >= 0.3 is 5.97 Å². The highest BCUT2D eigenvalue weighted by atomic mass is 16.5. The Morgan fingerprint density at radius 2 is 1.58 bits per heavy atom. The summed E-state index contributed by atoms with van der Waals surface area (Å²) in [6.45, 7) is 2.89. The van der Waals surface area contributed by atoms with Gasteiger partial charge in [-0.3, -0.25) is 9.59 Å². The van der Waals surface area contributed by atoms with Gasteiger partial charge in [-0.2, -0.15) is 0 Å². The lowest BCUT2D eigenvalue weighted by Gasteiger charge is -2.32. The largest absolute Gasteiger partial charge is 0.427 e. The fourth-order valence-electron chi connectivity index (χ4n) is 3.16. The van der Waals surface area contributed by atoms with Crippen LogP contribution in [0.3, 0.4) is 0 Å². The van der Waals surface area contributed by atoms with Crippen LogP contribution in [0.2, 0.25) is 0 Å². The summed E-state index contributed by atoms with van der Waals surface area (Å²) in [7, 11) is 0. The van der Waals surface area contributed by atoms with Crippen molar-refractivity contribution in [1.82, 2.24) is 4.90 Å². The average molecular weight is 323 g/mol. The highest BCUT2D eigenvalue weighted by Gasteiger charge is 2.24. The van der Waals surface area contributed by atoms with Crippen molar-refractivity contribution >= 4 is 11.9 Å². The van der Waals surface area contributed by atoms with Crippen LogP contribution >= 0.6 is 0 Å². The molecule has 1 fully saturated rings. The maximum atomic E-state index is 12.6. The first-order chi connectivity index (χ1) is 11.6. The molecule has 2 aromatic carbocycles. The van der Waals surface area contributed by atoms with Crippen LogP contribution in [0, 0.1) is 0 Å². The zero-order valence-corrected chi connectivity index (χ0v) is 13.8. The SMILES string of the molecule is CC(=O)Oc1ccc(C(=O)N2CCC(c3ccccc3)CC2)cc1. The minimum atomic E-state index is -0.364. The Kier molecular flexibility index (Phi) is 4.94. The van der Waals surface area contributed by atoms with Gasteiger partial charge in [0.05, 0.1) is 0 Å². The Labute approximate surface area is 142 Å². The molecule has 4 nitrogen and oxygen atoms in total. The van der Waals surface area contributed by atoms with E-state index in [4.69, 9.17) is 4.74 Å². The van der Waals surface area contributed by atoms with E-state index >= 15 is 0 Å². The highest BCUT2D eigenvalue weighted by molar-refractivity contribution is 5.94. The third-order valence-corrected chi connectivity index (χ3v) is 4.42. The number of esters is 1. The third kappa shape index (κ3) is 3.82. The molecule has 0 unspecified atom stereocenters. The number of ether oxygens (including phenoxy) is 1. The molecule has 0 aromatic heterocycles. The van der Waals surface area contributed by atoms with E-state index in [2.05, 4.69) is 24.3 Å². The number of rotatable bonds is 3. The van der Waals surface area contributed by atoms with Gasteiger partial charge in [0.15, 0.2) is 0 Å². The molecule has 2 aromatic rings. The standard InChI is InChI=1S/C20H21NO3/c1-15(22)24-19-9-7-18(8-10-19)20(23)21-13-11-17(12-14-21)16-5-3-2-4-6-16/h2-10,17H,11-14H2,1H3. The van der Waals surface area contributed by atoms with Gasteiger partial charge in [-0.1, -0.05) is 30.3 Å². The molecule has 24 heavy (non-hydrogen) atoms. The molecule has 0 spiro atoms. The number of carbonyl (C=O) groups excluding carboxylic acids is 2. The maximum Gasteiger partial charge on any atom is 0.308 e. The molecule has 1 heterocycles. The second kappa shape index (κ2) is 7.30. The molecule has 3 rings (SSSR count). The lowest BCUT2D eigenvalue weighted by atomic mass is 9.89. The number of likely N-dealkylation sites (tertiary alicyclic amines) is 1. The van der Waals surface area contributed by atoms with Crippen LogP contribution in [0.4, 0.5) is 0 Å². The van der Waals surface area contributed by atoms with Crippen molar-refractivity contribution in [3.63, 3.8) is 0 Å². The van der Waals surface area contributed by atoms with E-state index in [-0.39, 0.29) is 11.9 Å². The van der Waals surface area contributed by atoms with Gasteiger partial charge in [-0.15, -0.1) is 0 Å². The van der Waals surface area contributed by atoms with Gasteiger partial charge < -0.3 is 9.64 Å². The Balaban J connectivity index is 1.60. The minimum absolute atomic E-state index is 0.0379. The molecule has 0 saturated carbocycles. The molecule has 0 aliphatic carbocycles. The van der Waals surface area contributed by atoms with E-state index in [9.17, 15) is 9.59 Å². The zero-order chi connectivity index (χ0) is 16.9. The fourth-order valence-corrected chi connectivity index (χ4v) is 3.16. The van der Waals surface area contributed by atoms with E-state index in [0.29, 0.717) is 17.2 Å². The summed E-state index contributed by atoms with van der Waals surface area (Å²) >= 11 is 0. The molecular formula is C20H21NO3. The van der Waals surface area contributed by atoms with Gasteiger partial charge in [-0.05, 0) is 48.6 Å². The smallest absolute Gasteiger partial charge is 0.308 e. The molecule has 0 N–H and O–H groups in total. The fraction of sp³-hybridized carbons (Fsp3) is 0.300. The normalized spacial score (nSPS) is 15.1. The Morgan fingerprint density at radius 3 is 2.17 bits per heavy atom. The van der Waals surface area contributed by atoms with Gasteiger partial charge in [0.1, 0.15) is 5.75 Å². The molecular weight excluding hydrogens is 302 g/mol. The summed E-state index contributed by atoms with van der Waals surface area (Å²) in [5.41, 5.74) is 1.99. The molecule has 1 amide bonds. The second-order valence-electron chi connectivity index (χ2n) is 6.10. The van der Waals surface area contributed by atoms with Crippen LogP contribution < -0.4 is 4.74 Å². The Hall–Kier alpha value is -2.62. The summed E-state index contributed by atoms with van der Waals surface area (Å²) in [6, 6.07) is 17.2. The summed E-state index contributed by atoms with van der Waals surface area (Å²) in [5.74, 6) is 0.663. The van der Waals surface area contributed by atoms with Crippen LogP contribution in [-0.2, 0) is 4.79 Å². The lowest BCUT2D eigenvalue weighted by molar-refractivity contribution is -0.131. The molecule has 0 atom stereocenters. The quantitative estimate of drug-likeness (QED) is 0.640. The van der Waals surface area contributed by atoms with Crippen molar-refractivity contribution in [2.45, 2.75) is 25.7 Å². The molecule has 1 aliphatic heterocycles. The van der Waals surface area contributed by atoms with Gasteiger partial charge in [0.25, 0.3) is 5.91 Å². The minimum Gasteiger partial charge on any atom is -0.427 e. The number of amides is 1. The van der Waals surface area contributed by atoms with Crippen molar-refractivity contribution in [1.29, 1.82) is 0 Å². The monoisotopic (exact) mass is 323 g/mol. The number of hydrogen-bond donors (Lipinski definition) is 0. The predicted octanol–water partition coefficient (Wildman–Crippen LogP) is 3.63. The van der Waals surface area contributed by atoms with Crippen LogP contribution in [0.15, 0.2) is 54.6 Å². The number of hydrogen-bond acceptors (Lipinski definition) is 3. The zero-order valence-electron chi connectivity index (χ0n) is 13.8. The van der Waals surface area contributed by atoms with Crippen molar-refractivity contribution in [2.24, 2.45) is 0 Å². The van der Waals surface area contributed by atoms with Crippen molar-refractivity contribution in [3.05, 3.63) is 65.7 Å². The molecule has 124 valence electrons. The predicted molar refractivity (Wildman–Crippen MR) is 92.1 cm³/mol. The number of benzene rings is 2. The Bertz CT molecular complexity index is 701. The van der Waals surface area contributed by atoms with E-state index in [1.807, 2.05) is 11.0 Å². The highest BCUT2D eigenvalue weighted by Crippen LogP contribution is 2.28.